The van der Waals surface area contributed by atoms with E-state index in [0.717, 1.165) is 21.3 Å². The number of methoxy groups -OCH3 is 1. The zero-order chi connectivity index (χ0) is 12.1. The number of hydrogen-bond acceptors (Lipinski definition) is 6. The lowest BCUT2D eigenvalue weighted by atomic mass is 10.3. The Bertz CT molecular complexity index is 532. The summed E-state index contributed by atoms with van der Waals surface area (Å²) in [6.07, 6.45) is 5.24. The summed E-state index contributed by atoms with van der Waals surface area (Å²) in [5.41, 5.74) is 1.53. The summed E-state index contributed by atoms with van der Waals surface area (Å²) in [5, 5.41) is 9.53. The first kappa shape index (κ1) is 11.6. The molecular weight excluding hydrogens is 236 g/mol. The van der Waals surface area contributed by atoms with E-state index >= 15 is 0 Å². The van der Waals surface area contributed by atoms with Gasteiger partial charge in [-0.05, 0) is 0 Å². The van der Waals surface area contributed by atoms with Crippen molar-refractivity contribution < 1.29 is 4.74 Å². The van der Waals surface area contributed by atoms with Crippen molar-refractivity contribution >= 4 is 11.3 Å². The van der Waals surface area contributed by atoms with Gasteiger partial charge in [0.2, 0.25) is 0 Å². The zero-order valence-corrected chi connectivity index (χ0v) is 10.1. The second-order valence-electron chi connectivity index (χ2n) is 3.25. The Hall–Kier alpha value is -1.84. The van der Waals surface area contributed by atoms with Crippen molar-refractivity contribution in [3.05, 3.63) is 29.2 Å². The largest absolute Gasteiger partial charge is 0.378 e. The molecule has 0 amide bonds. The Morgan fingerprint density at radius 3 is 3.00 bits per heavy atom. The Labute approximate surface area is 103 Å². The van der Waals surface area contributed by atoms with Gasteiger partial charge in [-0.1, -0.05) is 0 Å². The van der Waals surface area contributed by atoms with Gasteiger partial charge in [-0.15, -0.1) is 11.3 Å². The van der Waals surface area contributed by atoms with E-state index in [1.807, 2.05) is 0 Å². The van der Waals surface area contributed by atoms with Crippen LogP contribution in [0.1, 0.15) is 10.6 Å². The van der Waals surface area contributed by atoms with Gasteiger partial charge in [0, 0.05) is 24.4 Å². The minimum absolute atomic E-state index is 0.344. The van der Waals surface area contributed by atoms with Crippen molar-refractivity contribution in [2.45, 2.75) is 13.0 Å². The first-order valence-corrected chi connectivity index (χ1v) is 5.77. The molecular formula is C11H10N4OS. The van der Waals surface area contributed by atoms with Crippen molar-refractivity contribution in [3.8, 4) is 16.8 Å². The molecule has 0 unspecified atom stereocenters. The summed E-state index contributed by atoms with van der Waals surface area (Å²) in [6.45, 7) is 0.410. The van der Waals surface area contributed by atoms with Crippen LogP contribution in [0.3, 0.4) is 0 Å². The molecule has 17 heavy (non-hydrogen) atoms. The molecule has 0 spiro atoms. The maximum absolute atomic E-state index is 8.75. The normalized spacial score (nSPS) is 10.1. The van der Waals surface area contributed by atoms with E-state index in [-0.39, 0.29) is 0 Å². The lowest BCUT2D eigenvalue weighted by Crippen LogP contribution is -1.92. The molecule has 0 saturated carbocycles. The quantitative estimate of drug-likeness (QED) is 0.822. The Kier molecular flexibility index (Phi) is 3.75. The van der Waals surface area contributed by atoms with E-state index < -0.39 is 0 Å². The van der Waals surface area contributed by atoms with E-state index in [1.165, 1.54) is 11.3 Å². The molecule has 0 bridgehead atoms. The van der Waals surface area contributed by atoms with Crippen LogP contribution in [0.15, 0.2) is 18.6 Å². The van der Waals surface area contributed by atoms with Crippen LogP contribution in [0.2, 0.25) is 0 Å². The molecule has 2 aromatic heterocycles. The van der Waals surface area contributed by atoms with Gasteiger partial charge < -0.3 is 4.74 Å². The molecule has 2 heterocycles. The molecule has 6 heteroatoms. The Balaban J connectivity index is 2.37. The van der Waals surface area contributed by atoms with E-state index in [2.05, 4.69) is 21.0 Å². The Morgan fingerprint density at radius 1 is 1.47 bits per heavy atom. The lowest BCUT2D eigenvalue weighted by molar-refractivity contribution is 0.181. The number of ether oxygens (including phenoxy) is 1. The third kappa shape index (κ3) is 2.64. The minimum atomic E-state index is 0.344. The van der Waals surface area contributed by atoms with Crippen LogP contribution in [-0.4, -0.2) is 22.1 Å². The smallest absolute Gasteiger partial charge is 0.144 e. The highest BCUT2D eigenvalue weighted by Crippen LogP contribution is 2.27. The zero-order valence-electron chi connectivity index (χ0n) is 9.25. The van der Waals surface area contributed by atoms with Crippen LogP contribution in [0.4, 0.5) is 0 Å². The predicted molar refractivity (Wildman–Crippen MR) is 63.2 cm³/mol. The third-order valence-corrected chi connectivity index (χ3v) is 3.20. The maximum atomic E-state index is 8.75. The van der Waals surface area contributed by atoms with Crippen LogP contribution >= 0.6 is 11.3 Å². The van der Waals surface area contributed by atoms with Crippen LogP contribution in [0.25, 0.3) is 10.7 Å². The minimum Gasteiger partial charge on any atom is -0.378 e. The maximum Gasteiger partial charge on any atom is 0.144 e. The average molecular weight is 246 g/mol. The highest BCUT2D eigenvalue weighted by molar-refractivity contribution is 7.15. The number of rotatable bonds is 4. The van der Waals surface area contributed by atoms with Crippen LogP contribution in [0.5, 0.6) is 0 Å². The fourth-order valence-electron chi connectivity index (χ4n) is 1.36. The van der Waals surface area contributed by atoms with Gasteiger partial charge in [0.15, 0.2) is 0 Å². The monoisotopic (exact) mass is 246 g/mol. The molecule has 0 N–H and O–H groups in total. The first-order chi connectivity index (χ1) is 8.35. The summed E-state index contributed by atoms with van der Waals surface area (Å²) in [5.74, 6) is 0. The first-order valence-electron chi connectivity index (χ1n) is 4.96. The molecule has 0 aliphatic carbocycles. The average Bonchev–Trinajstić information content (AvgIpc) is 2.75. The van der Waals surface area contributed by atoms with E-state index in [0.29, 0.717) is 13.0 Å². The van der Waals surface area contributed by atoms with E-state index in [9.17, 15) is 0 Å². The van der Waals surface area contributed by atoms with Crippen molar-refractivity contribution in [3.63, 3.8) is 0 Å². The molecule has 0 radical (unpaired) electrons. The molecule has 0 aromatic carbocycles. The molecule has 2 aromatic rings. The van der Waals surface area contributed by atoms with E-state index in [1.54, 1.807) is 25.7 Å². The molecule has 86 valence electrons. The number of hydrogen-bond donors (Lipinski definition) is 0. The van der Waals surface area contributed by atoms with Gasteiger partial charge >= 0.3 is 0 Å². The third-order valence-electron chi connectivity index (χ3n) is 2.08. The molecule has 5 nitrogen and oxygen atoms in total. The van der Waals surface area contributed by atoms with Gasteiger partial charge in [-0.25, -0.2) is 4.98 Å². The van der Waals surface area contributed by atoms with Crippen LogP contribution in [-0.2, 0) is 17.8 Å². The topological polar surface area (TPSA) is 71.7 Å². The SMILES string of the molecule is COCc1nc(-c2cnccn2)sc1CC#N. The lowest BCUT2D eigenvalue weighted by Gasteiger charge is -1.95. The fourth-order valence-corrected chi connectivity index (χ4v) is 2.32. The molecule has 0 saturated heterocycles. The molecule has 0 atom stereocenters. The van der Waals surface area contributed by atoms with Gasteiger partial charge in [0.25, 0.3) is 0 Å². The Morgan fingerprint density at radius 2 is 2.35 bits per heavy atom. The summed E-state index contributed by atoms with van der Waals surface area (Å²) >= 11 is 1.46. The number of nitriles is 1. The van der Waals surface area contributed by atoms with Crippen molar-refractivity contribution in [2.24, 2.45) is 0 Å². The van der Waals surface area contributed by atoms with Gasteiger partial charge in [-0.3, -0.25) is 9.97 Å². The summed E-state index contributed by atoms with van der Waals surface area (Å²) in [7, 11) is 1.61. The predicted octanol–water partition coefficient (Wildman–Crippen LogP) is 1.81. The van der Waals surface area contributed by atoms with Crippen LogP contribution in [0, 0.1) is 11.3 Å². The van der Waals surface area contributed by atoms with Gasteiger partial charge in [0.1, 0.15) is 10.7 Å². The molecule has 2 rings (SSSR count). The summed E-state index contributed by atoms with van der Waals surface area (Å²) in [4.78, 5) is 13.5. The van der Waals surface area contributed by atoms with Gasteiger partial charge in [0.05, 0.1) is 31.0 Å². The van der Waals surface area contributed by atoms with Gasteiger partial charge in [-0.2, -0.15) is 5.26 Å². The number of aromatic nitrogens is 3. The highest BCUT2D eigenvalue weighted by Gasteiger charge is 2.12. The molecule has 0 aliphatic rings. The van der Waals surface area contributed by atoms with Crippen molar-refractivity contribution in [2.75, 3.05) is 7.11 Å². The standard InChI is InChI=1S/C11H10N4OS/c1-16-7-9-10(2-3-12)17-11(15-9)8-6-13-4-5-14-8/h4-6H,2,7H2,1H3. The second-order valence-corrected chi connectivity index (χ2v) is 4.33. The summed E-state index contributed by atoms with van der Waals surface area (Å²) in [6, 6.07) is 2.13. The molecule has 0 aliphatic heterocycles. The highest BCUT2D eigenvalue weighted by atomic mass is 32.1. The number of nitrogens with zero attached hydrogens (tertiary/aromatic N) is 4. The second kappa shape index (κ2) is 5.48. The van der Waals surface area contributed by atoms with Crippen LogP contribution < -0.4 is 0 Å². The molecule has 0 fully saturated rings. The number of thiazole rings is 1. The fraction of sp³-hybridized carbons (Fsp3) is 0.273. The van der Waals surface area contributed by atoms with Crippen molar-refractivity contribution in [1.29, 1.82) is 5.26 Å². The summed E-state index contributed by atoms with van der Waals surface area (Å²) < 4.78 is 5.06. The van der Waals surface area contributed by atoms with Crippen molar-refractivity contribution in [1.82, 2.24) is 15.0 Å². The van der Waals surface area contributed by atoms with E-state index in [4.69, 9.17) is 10.00 Å².